The summed E-state index contributed by atoms with van der Waals surface area (Å²) >= 11 is 0. The SMILES string of the molecule is C=CCc1ccc(C(C)NC(=O)O)cc1. The van der Waals surface area contributed by atoms with Gasteiger partial charge in [0.05, 0.1) is 6.04 Å². The third-order valence-electron chi connectivity index (χ3n) is 2.20. The predicted molar refractivity (Wildman–Crippen MR) is 59.9 cm³/mol. The van der Waals surface area contributed by atoms with E-state index in [0.717, 1.165) is 12.0 Å². The maximum absolute atomic E-state index is 10.4. The highest BCUT2D eigenvalue weighted by Crippen LogP contribution is 2.13. The maximum atomic E-state index is 10.4. The molecule has 0 aromatic heterocycles. The van der Waals surface area contributed by atoms with Gasteiger partial charge in [-0.1, -0.05) is 30.3 Å². The Hall–Kier alpha value is -1.77. The summed E-state index contributed by atoms with van der Waals surface area (Å²) in [7, 11) is 0. The largest absolute Gasteiger partial charge is 0.465 e. The Bertz CT molecular complexity index is 343. The van der Waals surface area contributed by atoms with E-state index in [1.165, 1.54) is 5.56 Å². The van der Waals surface area contributed by atoms with E-state index in [0.29, 0.717) is 0 Å². The molecular formula is C12H15NO2. The van der Waals surface area contributed by atoms with Gasteiger partial charge in [0.2, 0.25) is 0 Å². The van der Waals surface area contributed by atoms with Gasteiger partial charge < -0.3 is 10.4 Å². The molecule has 2 N–H and O–H groups in total. The van der Waals surface area contributed by atoms with Crippen LogP contribution in [0.3, 0.4) is 0 Å². The summed E-state index contributed by atoms with van der Waals surface area (Å²) in [6.45, 7) is 5.48. The van der Waals surface area contributed by atoms with Gasteiger partial charge in [-0.25, -0.2) is 4.79 Å². The molecular weight excluding hydrogens is 190 g/mol. The van der Waals surface area contributed by atoms with Crippen molar-refractivity contribution in [3.05, 3.63) is 48.0 Å². The number of allylic oxidation sites excluding steroid dienone is 1. The van der Waals surface area contributed by atoms with Crippen molar-refractivity contribution in [2.24, 2.45) is 0 Å². The molecule has 0 saturated carbocycles. The molecule has 15 heavy (non-hydrogen) atoms. The second kappa shape index (κ2) is 5.20. The van der Waals surface area contributed by atoms with E-state index in [9.17, 15) is 4.79 Å². The molecule has 80 valence electrons. The minimum atomic E-state index is -1.00. The normalized spacial score (nSPS) is 11.8. The topological polar surface area (TPSA) is 49.3 Å². The fourth-order valence-electron chi connectivity index (χ4n) is 1.38. The van der Waals surface area contributed by atoms with E-state index in [-0.39, 0.29) is 6.04 Å². The lowest BCUT2D eigenvalue weighted by Crippen LogP contribution is -2.24. The molecule has 0 aliphatic rings. The smallest absolute Gasteiger partial charge is 0.405 e. The Balaban J connectivity index is 2.70. The summed E-state index contributed by atoms with van der Waals surface area (Å²) in [6, 6.07) is 7.65. The average Bonchev–Trinajstić information content (AvgIpc) is 2.18. The molecule has 0 aliphatic carbocycles. The van der Waals surface area contributed by atoms with Gasteiger partial charge in [-0.15, -0.1) is 6.58 Å². The number of amides is 1. The summed E-state index contributed by atoms with van der Waals surface area (Å²) in [4.78, 5) is 10.4. The second-order valence-corrected chi connectivity index (χ2v) is 3.41. The molecule has 1 aromatic carbocycles. The van der Waals surface area contributed by atoms with Crippen molar-refractivity contribution < 1.29 is 9.90 Å². The number of hydrogen-bond acceptors (Lipinski definition) is 1. The van der Waals surface area contributed by atoms with Crippen molar-refractivity contribution in [2.75, 3.05) is 0 Å². The van der Waals surface area contributed by atoms with Crippen LogP contribution >= 0.6 is 0 Å². The van der Waals surface area contributed by atoms with Crippen LogP contribution < -0.4 is 5.32 Å². The summed E-state index contributed by atoms with van der Waals surface area (Å²) in [5, 5.41) is 11.0. The minimum Gasteiger partial charge on any atom is -0.465 e. The van der Waals surface area contributed by atoms with E-state index in [2.05, 4.69) is 11.9 Å². The first-order chi connectivity index (χ1) is 7.13. The first-order valence-electron chi connectivity index (χ1n) is 4.82. The zero-order valence-corrected chi connectivity index (χ0v) is 8.73. The van der Waals surface area contributed by atoms with Gasteiger partial charge in [0, 0.05) is 0 Å². The van der Waals surface area contributed by atoms with Crippen molar-refractivity contribution in [2.45, 2.75) is 19.4 Å². The Morgan fingerprint density at radius 3 is 2.60 bits per heavy atom. The third-order valence-corrected chi connectivity index (χ3v) is 2.20. The van der Waals surface area contributed by atoms with Crippen molar-refractivity contribution in [3.8, 4) is 0 Å². The molecule has 1 amide bonds. The Morgan fingerprint density at radius 1 is 1.53 bits per heavy atom. The monoisotopic (exact) mass is 205 g/mol. The number of hydrogen-bond donors (Lipinski definition) is 2. The second-order valence-electron chi connectivity index (χ2n) is 3.41. The molecule has 0 bridgehead atoms. The average molecular weight is 205 g/mol. The Kier molecular flexibility index (Phi) is 3.92. The highest BCUT2D eigenvalue weighted by molar-refractivity contribution is 5.65. The summed E-state index contributed by atoms with van der Waals surface area (Å²) < 4.78 is 0. The standard InChI is InChI=1S/C12H15NO2/c1-3-4-10-5-7-11(8-6-10)9(2)13-12(14)15/h3,5-9,13H,1,4H2,2H3,(H,14,15). The molecule has 1 atom stereocenters. The Labute approximate surface area is 89.4 Å². The van der Waals surface area contributed by atoms with Crippen LogP contribution in [0.25, 0.3) is 0 Å². The Morgan fingerprint density at radius 2 is 2.13 bits per heavy atom. The van der Waals surface area contributed by atoms with Crippen molar-refractivity contribution in [1.29, 1.82) is 0 Å². The predicted octanol–water partition coefficient (Wildman–Crippen LogP) is 2.74. The third kappa shape index (κ3) is 3.46. The van der Waals surface area contributed by atoms with Gasteiger partial charge in [0.1, 0.15) is 0 Å². The van der Waals surface area contributed by atoms with Crippen LogP contribution in [0.5, 0.6) is 0 Å². The van der Waals surface area contributed by atoms with Crippen LogP contribution in [-0.4, -0.2) is 11.2 Å². The van der Waals surface area contributed by atoms with Crippen molar-refractivity contribution in [1.82, 2.24) is 5.32 Å². The van der Waals surface area contributed by atoms with Crippen molar-refractivity contribution >= 4 is 6.09 Å². The number of rotatable bonds is 4. The van der Waals surface area contributed by atoms with Crippen molar-refractivity contribution in [3.63, 3.8) is 0 Å². The molecule has 0 fully saturated rings. The lowest BCUT2D eigenvalue weighted by molar-refractivity contribution is 0.191. The molecule has 1 aromatic rings. The maximum Gasteiger partial charge on any atom is 0.405 e. The fraction of sp³-hybridized carbons (Fsp3) is 0.250. The van der Waals surface area contributed by atoms with E-state index in [1.54, 1.807) is 0 Å². The number of carbonyl (C=O) groups is 1. The molecule has 0 saturated heterocycles. The number of carboxylic acid groups (broad SMARTS) is 1. The van der Waals surface area contributed by atoms with Gasteiger partial charge in [-0.3, -0.25) is 0 Å². The van der Waals surface area contributed by atoms with Gasteiger partial charge in [-0.2, -0.15) is 0 Å². The zero-order valence-electron chi connectivity index (χ0n) is 8.73. The molecule has 0 aliphatic heterocycles. The lowest BCUT2D eigenvalue weighted by atomic mass is 10.0. The van der Waals surface area contributed by atoms with E-state index < -0.39 is 6.09 Å². The van der Waals surface area contributed by atoms with Crippen LogP contribution in [0.1, 0.15) is 24.1 Å². The van der Waals surface area contributed by atoms with Gasteiger partial charge in [0.25, 0.3) is 0 Å². The molecule has 1 rings (SSSR count). The highest BCUT2D eigenvalue weighted by Gasteiger charge is 2.06. The highest BCUT2D eigenvalue weighted by atomic mass is 16.4. The van der Waals surface area contributed by atoms with Gasteiger partial charge >= 0.3 is 6.09 Å². The molecule has 0 spiro atoms. The molecule has 0 radical (unpaired) electrons. The van der Waals surface area contributed by atoms with Crippen LogP contribution in [0.2, 0.25) is 0 Å². The fourth-order valence-corrected chi connectivity index (χ4v) is 1.38. The molecule has 1 unspecified atom stereocenters. The lowest BCUT2D eigenvalue weighted by Gasteiger charge is -2.11. The van der Waals surface area contributed by atoms with Crippen LogP contribution in [0, 0.1) is 0 Å². The van der Waals surface area contributed by atoms with E-state index in [4.69, 9.17) is 5.11 Å². The van der Waals surface area contributed by atoms with Crippen LogP contribution in [0.15, 0.2) is 36.9 Å². The van der Waals surface area contributed by atoms with E-state index in [1.807, 2.05) is 37.3 Å². The first-order valence-corrected chi connectivity index (χ1v) is 4.82. The minimum absolute atomic E-state index is 0.180. The zero-order chi connectivity index (χ0) is 11.3. The van der Waals surface area contributed by atoms with Gasteiger partial charge in [0.15, 0.2) is 0 Å². The summed E-state index contributed by atoms with van der Waals surface area (Å²) in [6.07, 6.45) is 1.67. The van der Waals surface area contributed by atoms with Crippen LogP contribution in [-0.2, 0) is 6.42 Å². The molecule has 0 heterocycles. The molecule has 3 nitrogen and oxygen atoms in total. The summed E-state index contributed by atoms with van der Waals surface area (Å²) in [5.74, 6) is 0. The quantitative estimate of drug-likeness (QED) is 0.742. The van der Waals surface area contributed by atoms with Crippen LogP contribution in [0.4, 0.5) is 4.79 Å². The first kappa shape index (κ1) is 11.3. The summed E-state index contributed by atoms with van der Waals surface area (Å²) in [5.41, 5.74) is 2.14. The van der Waals surface area contributed by atoms with E-state index >= 15 is 0 Å². The molecule has 3 heteroatoms. The number of benzene rings is 1. The number of nitrogens with one attached hydrogen (secondary N) is 1. The van der Waals surface area contributed by atoms with Gasteiger partial charge in [-0.05, 0) is 24.5 Å².